The van der Waals surface area contributed by atoms with E-state index in [1.165, 1.54) is 30.3 Å². The molecule has 23 heavy (non-hydrogen) atoms. The normalized spacial score (nSPS) is 10.7. The molecular formula is C16H9BrFNO4. The topological polar surface area (TPSA) is 79.7 Å². The molecule has 0 bridgehead atoms. The second-order valence-electron chi connectivity index (χ2n) is 4.67. The van der Waals surface area contributed by atoms with Crippen LogP contribution in [0, 0.1) is 5.82 Å². The molecule has 2 N–H and O–H groups in total. The van der Waals surface area contributed by atoms with Crippen LogP contribution in [0.5, 0.6) is 17.2 Å². The standard InChI is InChI=1S/C16H9BrFNO4/c17-15-12-7-10(23-9-3-1-8(18)2-4-9)5-6-11(12)14(20)13(19-15)16(21)22/h1-7,20H,(H,21,22). The van der Waals surface area contributed by atoms with Gasteiger partial charge in [0.25, 0.3) is 0 Å². The number of hydrogen-bond acceptors (Lipinski definition) is 4. The van der Waals surface area contributed by atoms with Crippen molar-refractivity contribution in [1.29, 1.82) is 0 Å². The third-order valence-corrected chi connectivity index (χ3v) is 3.76. The van der Waals surface area contributed by atoms with E-state index in [9.17, 15) is 14.3 Å². The van der Waals surface area contributed by atoms with Crippen LogP contribution in [0.4, 0.5) is 4.39 Å². The number of aromatic nitrogens is 1. The number of carbonyl (C=O) groups is 1. The molecule has 0 saturated heterocycles. The summed E-state index contributed by atoms with van der Waals surface area (Å²) in [6, 6.07) is 10.2. The highest BCUT2D eigenvalue weighted by molar-refractivity contribution is 9.10. The van der Waals surface area contributed by atoms with Crippen molar-refractivity contribution in [3.8, 4) is 17.2 Å². The highest BCUT2D eigenvalue weighted by atomic mass is 79.9. The molecule has 1 heterocycles. The number of pyridine rings is 1. The number of aromatic carboxylic acids is 1. The van der Waals surface area contributed by atoms with Gasteiger partial charge in [0, 0.05) is 10.8 Å². The van der Waals surface area contributed by atoms with Gasteiger partial charge in [-0.1, -0.05) is 0 Å². The number of nitrogens with zero attached hydrogens (tertiary/aromatic N) is 1. The monoisotopic (exact) mass is 377 g/mol. The van der Waals surface area contributed by atoms with Crippen molar-refractivity contribution < 1.29 is 24.1 Å². The molecule has 1 aromatic heterocycles. The molecular weight excluding hydrogens is 369 g/mol. The van der Waals surface area contributed by atoms with Crippen LogP contribution < -0.4 is 4.74 Å². The van der Waals surface area contributed by atoms with E-state index in [1.54, 1.807) is 12.1 Å². The average Bonchev–Trinajstić information content (AvgIpc) is 2.53. The van der Waals surface area contributed by atoms with Crippen LogP contribution in [0.2, 0.25) is 0 Å². The van der Waals surface area contributed by atoms with Gasteiger partial charge in [-0.3, -0.25) is 0 Å². The van der Waals surface area contributed by atoms with E-state index < -0.39 is 17.4 Å². The number of carboxylic acids is 1. The van der Waals surface area contributed by atoms with Gasteiger partial charge in [0.2, 0.25) is 0 Å². The van der Waals surface area contributed by atoms with E-state index >= 15 is 0 Å². The molecule has 0 atom stereocenters. The second kappa shape index (κ2) is 5.85. The Balaban J connectivity index is 2.05. The number of fused-ring (bicyclic) bond motifs is 1. The van der Waals surface area contributed by atoms with E-state index in [2.05, 4.69) is 20.9 Å². The van der Waals surface area contributed by atoms with Crippen molar-refractivity contribution in [2.75, 3.05) is 0 Å². The SMILES string of the molecule is O=C(O)c1nc(Br)c2cc(Oc3ccc(F)cc3)ccc2c1O. The zero-order chi connectivity index (χ0) is 16.6. The minimum Gasteiger partial charge on any atom is -0.505 e. The first-order chi connectivity index (χ1) is 11.0. The van der Waals surface area contributed by atoms with Crippen LogP contribution in [0.25, 0.3) is 10.8 Å². The Kier molecular flexibility index (Phi) is 3.87. The molecule has 0 saturated carbocycles. The number of benzene rings is 2. The number of ether oxygens (including phenoxy) is 1. The fraction of sp³-hybridized carbons (Fsp3) is 0. The third-order valence-electron chi connectivity index (χ3n) is 3.15. The molecule has 0 aliphatic heterocycles. The zero-order valence-electron chi connectivity index (χ0n) is 11.5. The minimum absolute atomic E-state index is 0.271. The van der Waals surface area contributed by atoms with E-state index in [1.807, 2.05) is 0 Å². The largest absolute Gasteiger partial charge is 0.505 e. The summed E-state index contributed by atoms with van der Waals surface area (Å²) in [5, 5.41) is 19.9. The van der Waals surface area contributed by atoms with Crippen LogP contribution in [-0.2, 0) is 0 Å². The number of hydrogen-bond donors (Lipinski definition) is 2. The highest BCUT2D eigenvalue weighted by Gasteiger charge is 2.18. The molecule has 0 amide bonds. The highest BCUT2D eigenvalue weighted by Crippen LogP contribution is 2.35. The zero-order valence-corrected chi connectivity index (χ0v) is 13.0. The molecule has 3 rings (SSSR count). The molecule has 3 aromatic rings. The van der Waals surface area contributed by atoms with Gasteiger partial charge >= 0.3 is 5.97 Å². The first kappa shape index (κ1) is 15.2. The fourth-order valence-electron chi connectivity index (χ4n) is 2.09. The smallest absolute Gasteiger partial charge is 0.358 e. The lowest BCUT2D eigenvalue weighted by Gasteiger charge is -2.10. The van der Waals surface area contributed by atoms with Gasteiger partial charge in [0.1, 0.15) is 21.9 Å². The molecule has 0 aliphatic rings. The molecule has 5 nitrogen and oxygen atoms in total. The van der Waals surface area contributed by atoms with Crippen LogP contribution >= 0.6 is 15.9 Å². The lowest BCUT2D eigenvalue weighted by atomic mass is 10.1. The fourth-order valence-corrected chi connectivity index (χ4v) is 2.60. The van der Waals surface area contributed by atoms with Crippen LogP contribution in [0.1, 0.15) is 10.5 Å². The summed E-state index contributed by atoms with van der Waals surface area (Å²) in [7, 11) is 0. The van der Waals surface area contributed by atoms with Crippen molar-refractivity contribution in [1.82, 2.24) is 4.98 Å². The lowest BCUT2D eigenvalue weighted by Crippen LogP contribution is -2.01. The lowest BCUT2D eigenvalue weighted by molar-refractivity contribution is 0.0687. The van der Waals surface area contributed by atoms with Crippen molar-refractivity contribution in [3.63, 3.8) is 0 Å². The van der Waals surface area contributed by atoms with Crippen LogP contribution in [0.15, 0.2) is 47.1 Å². The van der Waals surface area contributed by atoms with Gasteiger partial charge in [0.15, 0.2) is 11.4 Å². The van der Waals surface area contributed by atoms with E-state index in [0.717, 1.165) is 0 Å². The summed E-state index contributed by atoms with van der Waals surface area (Å²) >= 11 is 3.19. The van der Waals surface area contributed by atoms with Crippen molar-refractivity contribution in [3.05, 3.63) is 58.6 Å². The van der Waals surface area contributed by atoms with Gasteiger partial charge in [-0.15, -0.1) is 0 Å². The molecule has 0 aliphatic carbocycles. The first-order valence-corrected chi connectivity index (χ1v) is 7.24. The second-order valence-corrected chi connectivity index (χ2v) is 5.42. The maximum Gasteiger partial charge on any atom is 0.358 e. The van der Waals surface area contributed by atoms with Gasteiger partial charge in [-0.25, -0.2) is 14.2 Å². The molecule has 0 radical (unpaired) electrons. The van der Waals surface area contributed by atoms with Gasteiger partial charge in [-0.2, -0.15) is 0 Å². The Morgan fingerprint density at radius 3 is 2.39 bits per heavy atom. The van der Waals surface area contributed by atoms with Crippen molar-refractivity contribution in [2.45, 2.75) is 0 Å². The molecule has 0 spiro atoms. The maximum absolute atomic E-state index is 12.9. The van der Waals surface area contributed by atoms with Crippen molar-refractivity contribution >= 4 is 32.7 Å². The molecule has 7 heteroatoms. The number of aromatic hydroxyl groups is 1. The summed E-state index contributed by atoms with van der Waals surface area (Å²) in [6.45, 7) is 0. The van der Waals surface area contributed by atoms with E-state index in [0.29, 0.717) is 22.3 Å². The number of halogens is 2. The summed E-state index contributed by atoms with van der Waals surface area (Å²) in [5.74, 6) is -1.22. The summed E-state index contributed by atoms with van der Waals surface area (Å²) in [5.41, 5.74) is -0.434. The average molecular weight is 378 g/mol. The summed E-state index contributed by atoms with van der Waals surface area (Å²) in [4.78, 5) is 14.9. The Hall–Kier alpha value is -2.67. The van der Waals surface area contributed by atoms with Crippen LogP contribution in [-0.4, -0.2) is 21.2 Å². The molecule has 0 fully saturated rings. The predicted molar refractivity (Wildman–Crippen MR) is 84.5 cm³/mol. The predicted octanol–water partition coefficient (Wildman–Crippen LogP) is 4.33. The van der Waals surface area contributed by atoms with Gasteiger partial charge in [-0.05, 0) is 58.4 Å². The Morgan fingerprint density at radius 2 is 1.74 bits per heavy atom. The van der Waals surface area contributed by atoms with Crippen LogP contribution in [0.3, 0.4) is 0 Å². The van der Waals surface area contributed by atoms with Gasteiger partial charge < -0.3 is 14.9 Å². The number of rotatable bonds is 3. The minimum atomic E-state index is -1.32. The van der Waals surface area contributed by atoms with Gasteiger partial charge in [0.05, 0.1) is 0 Å². The first-order valence-electron chi connectivity index (χ1n) is 6.44. The van der Waals surface area contributed by atoms with E-state index in [-0.39, 0.29) is 10.4 Å². The Morgan fingerprint density at radius 1 is 1.09 bits per heavy atom. The van der Waals surface area contributed by atoms with Crippen molar-refractivity contribution in [2.24, 2.45) is 0 Å². The molecule has 0 unspecified atom stereocenters. The maximum atomic E-state index is 12.9. The quantitative estimate of drug-likeness (QED) is 0.664. The molecule has 2 aromatic carbocycles. The molecule has 116 valence electrons. The summed E-state index contributed by atoms with van der Waals surface area (Å²) < 4.78 is 18.8. The van der Waals surface area contributed by atoms with E-state index in [4.69, 9.17) is 9.84 Å². The Bertz CT molecular complexity index is 912. The Labute approximate surface area is 138 Å². The number of carboxylic acid groups (broad SMARTS) is 1. The third kappa shape index (κ3) is 2.95. The summed E-state index contributed by atoms with van der Waals surface area (Å²) in [6.07, 6.45) is 0.